The molecule has 0 heterocycles. The van der Waals surface area contributed by atoms with Gasteiger partial charge in [-0.25, -0.2) is 4.39 Å². The van der Waals surface area contributed by atoms with Gasteiger partial charge < -0.3 is 10.1 Å². The molecule has 0 aliphatic heterocycles. The first-order valence-electron chi connectivity index (χ1n) is 4.89. The van der Waals surface area contributed by atoms with E-state index in [-0.39, 0.29) is 17.6 Å². The van der Waals surface area contributed by atoms with E-state index in [1.165, 1.54) is 6.07 Å². The second kappa shape index (κ2) is 5.51. The fourth-order valence-corrected chi connectivity index (χ4v) is 1.22. The van der Waals surface area contributed by atoms with E-state index in [1.54, 1.807) is 18.2 Å². The fraction of sp³-hybridized carbons (Fsp3) is 0.333. The van der Waals surface area contributed by atoms with Gasteiger partial charge in [0.2, 0.25) is 0 Å². The van der Waals surface area contributed by atoms with Gasteiger partial charge in [-0.3, -0.25) is 0 Å². The van der Waals surface area contributed by atoms with Crippen molar-refractivity contribution in [3.05, 3.63) is 42.2 Å². The molecule has 1 aromatic carbocycles. The van der Waals surface area contributed by atoms with Crippen LogP contribution in [-0.4, -0.2) is 13.7 Å². The van der Waals surface area contributed by atoms with Crippen LogP contribution >= 0.6 is 0 Å². The largest absolute Gasteiger partial charge is 0.486 e. The molecule has 0 aliphatic carbocycles. The van der Waals surface area contributed by atoms with E-state index in [0.29, 0.717) is 6.61 Å². The van der Waals surface area contributed by atoms with Crippen LogP contribution in [0.15, 0.2) is 30.9 Å². The molecule has 15 heavy (non-hydrogen) atoms. The summed E-state index contributed by atoms with van der Waals surface area (Å²) in [7, 11) is 1.86. The molecular formula is C12H16FNO. The van der Waals surface area contributed by atoms with Crippen LogP contribution in [-0.2, 0) is 0 Å². The number of rotatable bonds is 5. The first-order chi connectivity index (χ1) is 7.19. The molecule has 0 bridgehead atoms. The van der Waals surface area contributed by atoms with Gasteiger partial charge in [0, 0.05) is 6.04 Å². The van der Waals surface area contributed by atoms with E-state index in [9.17, 15) is 4.39 Å². The highest BCUT2D eigenvalue weighted by Crippen LogP contribution is 2.22. The van der Waals surface area contributed by atoms with Crippen LogP contribution in [0.4, 0.5) is 4.39 Å². The van der Waals surface area contributed by atoms with Gasteiger partial charge in [0.05, 0.1) is 0 Å². The van der Waals surface area contributed by atoms with Crippen LogP contribution in [0.3, 0.4) is 0 Å². The highest BCUT2D eigenvalue weighted by Gasteiger charge is 2.08. The molecule has 0 spiro atoms. The molecule has 0 radical (unpaired) electrons. The Morgan fingerprint density at radius 1 is 1.60 bits per heavy atom. The fourth-order valence-electron chi connectivity index (χ4n) is 1.22. The minimum absolute atomic E-state index is 0.177. The number of hydrogen-bond acceptors (Lipinski definition) is 2. The van der Waals surface area contributed by atoms with Crippen LogP contribution in [0.5, 0.6) is 5.75 Å². The zero-order chi connectivity index (χ0) is 11.3. The summed E-state index contributed by atoms with van der Waals surface area (Å²) in [6, 6.07) is 5.05. The molecule has 82 valence electrons. The Bertz CT molecular complexity index is 338. The molecule has 0 aromatic heterocycles. The van der Waals surface area contributed by atoms with Gasteiger partial charge in [-0.05, 0) is 31.7 Å². The minimum atomic E-state index is -0.344. The summed E-state index contributed by atoms with van der Waals surface area (Å²) < 4.78 is 18.5. The molecule has 3 heteroatoms. The number of ether oxygens (including phenoxy) is 1. The van der Waals surface area contributed by atoms with Crippen molar-refractivity contribution in [2.24, 2.45) is 0 Å². The predicted molar refractivity (Wildman–Crippen MR) is 59.6 cm³/mol. The van der Waals surface area contributed by atoms with Gasteiger partial charge in [0.1, 0.15) is 6.61 Å². The molecule has 0 fully saturated rings. The SMILES string of the molecule is C=CCOc1cc([C@H](C)NC)ccc1F. The maximum absolute atomic E-state index is 13.3. The third-order valence-corrected chi connectivity index (χ3v) is 2.24. The zero-order valence-corrected chi connectivity index (χ0v) is 9.09. The molecule has 1 aromatic rings. The van der Waals surface area contributed by atoms with E-state index >= 15 is 0 Å². The Kier molecular flexibility index (Phi) is 4.31. The second-order valence-electron chi connectivity index (χ2n) is 3.30. The quantitative estimate of drug-likeness (QED) is 0.753. The lowest BCUT2D eigenvalue weighted by Gasteiger charge is -2.12. The van der Waals surface area contributed by atoms with Crippen molar-refractivity contribution >= 4 is 0 Å². The van der Waals surface area contributed by atoms with Crippen LogP contribution in [0.25, 0.3) is 0 Å². The normalized spacial score (nSPS) is 12.2. The lowest BCUT2D eigenvalue weighted by atomic mass is 10.1. The van der Waals surface area contributed by atoms with E-state index in [0.717, 1.165) is 5.56 Å². The molecule has 2 nitrogen and oxygen atoms in total. The number of hydrogen-bond donors (Lipinski definition) is 1. The van der Waals surface area contributed by atoms with E-state index < -0.39 is 0 Å². The number of halogens is 1. The van der Waals surface area contributed by atoms with Crippen molar-refractivity contribution < 1.29 is 9.13 Å². The highest BCUT2D eigenvalue weighted by atomic mass is 19.1. The first kappa shape index (κ1) is 11.7. The third-order valence-electron chi connectivity index (χ3n) is 2.24. The first-order valence-corrected chi connectivity index (χ1v) is 4.89. The van der Waals surface area contributed by atoms with Crippen molar-refractivity contribution in [3.63, 3.8) is 0 Å². The van der Waals surface area contributed by atoms with Gasteiger partial charge in [0.25, 0.3) is 0 Å². The summed E-state index contributed by atoms with van der Waals surface area (Å²) in [4.78, 5) is 0. The zero-order valence-electron chi connectivity index (χ0n) is 9.09. The van der Waals surface area contributed by atoms with Crippen LogP contribution in [0.1, 0.15) is 18.5 Å². The van der Waals surface area contributed by atoms with Crippen molar-refractivity contribution in [2.75, 3.05) is 13.7 Å². The highest BCUT2D eigenvalue weighted by molar-refractivity contribution is 5.32. The summed E-state index contributed by atoms with van der Waals surface area (Å²) >= 11 is 0. The van der Waals surface area contributed by atoms with Gasteiger partial charge in [-0.1, -0.05) is 18.7 Å². The van der Waals surface area contributed by atoms with Crippen LogP contribution in [0.2, 0.25) is 0 Å². The smallest absolute Gasteiger partial charge is 0.165 e. The lowest BCUT2D eigenvalue weighted by molar-refractivity contribution is 0.341. The Labute approximate surface area is 89.8 Å². The van der Waals surface area contributed by atoms with Gasteiger partial charge in [0.15, 0.2) is 11.6 Å². The molecular weight excluding hydrogens is 193 g/mol. The summed E-state index contributed by atoms with van der Waals surface area (Å²) in [6.45, 7) is 5.84. The van der Waals surface area contributed by atoms with Crippen molar-refractivity contribution in [3.8, 4) is 5.75 Å². The Hall–Kier alpha value is -1.35. The van der Waals surface area contributed by atoms with E-state index in [2.05, 4.69) is 11.9 Å². The summed E-state index contributed by atoms with van der Waals surface area (Å²) in [5, 5.41) is 3.09. The van der Waals surface area contributed by atoms with E-state index in [4.69, 9.17) is 4.74 Å². The van der Waals surface area contributed by atoms with Gasteiger partial charge in [-0.15, -0.1) is 0 Å². The maximum atomic E-state index is 13.3. The summed E-state index contributed by atoms with van der Waals surface area (Å²) in [5.74, 6) is -0.0709. The second-order valence-corrected chi connectivity index (χ2v) is 3.30. The lowest BCUT2D eigenvalue weighted by Crippen LogP contribution is -2.12. The standard InChI is InChI=1S/C12H16FNO/c1-4-7-15-12-8-10(9(2)14-3)5-6-11(12)13/h4-6,8-9,14H,1,7H2,2-3H3/t9-/m0/s1. The van der Waals surface area contributed by atoms with Gasteiger partial charge >= 0.3 is 0 Å². The summed E-state index contributed by atoms with van der Waals surface area (Å²) in [5.41, 5.74) is 0.998. The summed E-state index contributed by atoms with van der Waals surface area (Å²) in [6.07, 6.45) is 1.59. The predicted octanol–water partition coefficient (Wildman–Crippen LogP) is 2.67. The van der Waals surface area contributed by atoms with Crippen molar-refractivity contribution in [1.82, 2.24) is 5.32 Å². The maximum Gasteiger partial charge on any atom is 0.165 e. The molecule has 1 atom stereocenters. The minimum Gasteiger partial charge on any atom is -0.486 e. The number of nitrogens with one attached hydrogen (secondary N) is 1. The van der Waals surface area contributed by atoms with Crippen LogP contribution in [0, 0.1) is 5.82 Å². The molecule has 0 aliphatic rings. The average molecular weight is 209 g/mol. The molecule has 1 N–H and O–H groups in total. The topological polar surface area (TPSA) is 21.3 Å². The van der Waals surface area contributed by atoms with E-state index in [1.807, 2.05) is 14.0 Å². The Balaban J connectivity index is 2.89. The van der Waals surface area contributed by atoms with Crippen molar-refractivity contribution in [1.29, 1.82) is 0 Å². The molecule has 0 unspecified atom stereocenters. The molecule has 0 saturated carbocycles. The Morgan fingerprint density at radius 2 is 2.33 bits per heavy atom. The monoisotopic (exact) mass is 209 g/mol. The molecule has 0 amide bonds. The molecule has 0 saturated heterocycles. The molecule has 1 rings (SSSR count). The average Bonchev–Trinajstić information content (AvgIpc) is 2.27. The third kappa shape index (κ3) is 3.06. The van der Waals surface area contributed by atoms with Crippen molar-refractivity contribution in [2.45, 2.75) is 13.0 Å². The van der Waals surface area contributed by atoms with Gasteiger partial charge in [-0.2, -0.15) is 0 Å². The number of benzene rings is 1. The van der Waals surface area contributed by atoms with Crippen LogP contribution < -0.4 is 10.1 Å². The Morgan fingerprint density at radius 3 is 2.93 bits per heavy atom.